The van der Waals surface area contributed by atoms with Crippen LogP contribution in [0.3, 0.4) is 0 Å². The van der Waals surface area contributed by atoms with Crippen LogP contribution in [-0.4, -0.2) is 24.2 Å². The zero-order valence-corrected chi connectivity index (χ0v) is 13.7. The highest BCUT2D eigenvalue weighted by molar-refractivity contribution is 5.80. The minimum atomic E-state index is -0.457. The van der Waals surface area contributed by atoms with Crippen LogP contribution in [0, 0.1) is 0 Å². The number of esters is 1. The molecule has 0 aromatic heterocycles. The molecule has 0 saturated heterocycles. The van der Waals surface area contributed by atoms with E-state index in [1.807, 2.05) is 6.92 Å². The Morgan fingerprint density at radius 1 is 1.15 bits per heavy atom. The SMILES string of the molecule is CCCCC(CC)(NC1CCCCCC1)C(=O)OCC. The van der Waals surface area contributed by atoms with Crippen LogP contribution in [0.5, 0.6) is 0 Å². The standard InChI is InChI=1S/C17H33NO2/c1-4-7-14-17(5-2,16(19)20-6-3)18-15-12-10-8-9-11-13-15/h15,18H,4-14H2,1-3H3. The Morgan fingerprint density at radius 2 is 1.80 bits per heavy atom. The van der Waals surface area contributed by atoms with Crippen molar-refractivity contribution in [3.63, 3.8) is 0 Å². The summed E-state index contributed by atoms with van der Waals surface area (Å²) in [5.74, 6) is -0.0415. The first kappa shape index (κ1) is 17.5. The fourth-order valence-electron chi connectivity index (χ4n) is 3.22. The number of hydrogen-bond acceptors (Lipinski definition) is 3. The van der Waals surface area contributed by atoms with E-state index < -0.39 is 5.54 Å². The molecule has 3 nitrogen and oxygen atoms in total. The normalized spacial score (nSPS) is 20.1. The number of carbonyl (C=O) groups is 1. The quantitative estimate of drug-likeness (QED) is 0.536. The first-order valence-corrected chi connectivity index (χ1v) is 8.63. The molecule has 0 radical (unpaired) electrons. The maximum Gasteiger partial charge on any atom is 0.326 e. The lowest BCUT2D eigenvalue weighted by molar-refractivity contribution is -0.152. The van der Waals surface area contributed by atoms with Crippen LogP contribution in [0.2, 0.25) is 0 Å². The van der Waals surface area contributed by atoms with Gasteiger partial charge in [-0.1, -0.05) is 52.4 Å². The summed E-state index contributed by atoms with van der Waals surface area (Å²) in [5.41, 5.74) is -0.457. The van der Waals surface area contributed by atoms with Gasteiger partial charge in [-0.05, 0) is 32.6 Å². The van der Waals surface area contributed by atoms with Crippen LogP contribution < -0.4 is 5.32 Å². The van der Waals surface area contributed by atoms with Gasteiger partial charge in [0.05, 0.1) is 6.61 Å². The van der Waals surface area contributed by atoms with E-state index in [9.17, 15) is 4.79 Å². The molecule has 1 saturated carbocycles. The van der Waals surface area contributed by atoms with E-state index in [2.05, 4.69) is 19.2 Å². The van der Waals surface area contributed by atoms with E-state index in [-0.39, 0.29) is 5.97 Å². The van der Waals surface area contributed by atoms with Gasteiger partial charge in [0, 0.05) is 6.04 Å². The van der Waals surface area contributed by atoms with Crippen LogP contribution in [-0.2, 0) is 9.53 Å². The number of hydrogen-bond donors (Lipinski definition) is 1. The Bertz CT molecular complexity index is 272. The first-order chi connectivity index (χ1) is 9.68. The van der Waals surface area contributed by atoms with E-state index >= 15 is 0 Å². The largest absolute Gasteiger partial charge is 0.465 e. The maximum atomic E-state index is 12.5. The summed E-state index contributed by atoms with van der Waals surface area (Å²) in [4.78, 5) is 12.5. The van der Waals surface area contributed by atoms with Crippen molar-refractivity contribution in [2.24, 2.45) is 0 Å². The number of rotatable bonds is 8. The second-order valence-electron chi connectivity index (χ2n) is 6.09. The minimum absolute atomic E-state index is 0.0415. The van der Waals surface area contributed by atoms with Crippen molar-refractivity contribution in [3.8, 4) is 0 Å². The van der Waals surface area contributed by atoms with Crippen molar-refractivity contribution in [1.29, 1.82) is 0 Å². The van der Waals surface area contributed by atoms with Crippen molar-refractivity contribution in [2.45, 2.75) is 96.6 Å². The van der Waals surface area contributed by atoms with Crippen molar-refractivity contribution in [3.05, 3.63) is 0 Å². The molecule has 1 N–H and O–H groups in total. The Balaban J connectivity index is 2.74. The van der Waals surface area contributed by atoms with Gasteiger partial charge >= 0.3 is 5.97 Å². The third-order valence-corrected chi connectivity index (χ3v) is 4.56. The molecule has 1 fully saturated rings. The van der Waals surface area contributed by atoms with Gasteiger partial charge in [-0.15, -0.1) is 0 Å². The van der Waals surface area contributed by atoms with E-state index in [4.69, 9.17) is 4.74 Å². The molecule has 0 bridgehead atoms. The molecule has 0 amide bonds. The summed E-state index contributed by atoms with van der Waals surface area (Å²) in [6.07, 6.45) is 11.6. The van der Waals surface area contributed by atoms with Crippen molar-refractivity contribution in [2.75, 3.05) is 6.61 Å². The molecule has 1 atom stereocenters. The fraction of sp³-hybridized carbons (Fsp3) is 0.941. The van der Waals surface area contributed by atoms with Crippen LogP contribution in [0.25, 0.3) is 0 Å². The zero-order valence-electron chi connectivity index (χ0n) is 13.7. The molecule has 0 aromatic carbocycles. The Hall–Kier alpha value is -0.570. The summed E-state index contributed by atoms with van der Waals surface area (Å²) in [5, 5.41) is 3.70. The molecule has 1 aliphatic rings. The van der Waals surface area contributed by atoms with Gasteiger partial charge in [0.1, 0.15) is 5.54 Å². The third kappa shape index (κ3) is 5.08. The summed E-state index contributed by atoms with van der Waals surface area (Å²) < 4.78 is 5.37. The van der Waals surface area contributed by atoms with Gasteiger partial charge in [-0.3, -0.25) is 10.1 Å². The van der Waals surface area contributed by atoms with Gasteiger partial charge in [0.2, 0.25) is 0 Å². The highest BCUT2D eigenvalue weighted by Crippen LogP contribution is 2.26. The van der Waals surface area contributed by atoms with Crippen LogP contribution in [0.4, 0.5) is 0 Å². The topological polar surface area (TPSA) is 38.3 Å². The van der Waals surface area contributed by atoms with Gasteiger partial charge in [-0.25, -0.2) is 0 Å². The first-order valence-electron chi connectivity index (χ1n) is 8.63. The number of nitrogens with one attached hydrogen (secondary N) is 1. The Labute approximate surface area is 124 Å². The number of ether oxygens (including phenoxy) is 1. The number of carbonyl (C=O) groups excluding carboxylic acids is 1. The van der Waals surface area contributed by atoms with Crippen LogP contribution in [0.1, 0.15) is 85.0 Å². The smallest absolute Gasteiger partial charge is 0.326 e. The highest BCUT2D eigenvalue weighted by Gasteiger charge is 2.39. The van der Waals surface area contributed by atoms with Crippen molar-refractivity contribution < 1.29 is 9.53 Å². The number of unbranched alkanes of at least 4 members (excludes halogenated alkanes) is 1. The van der Waals surface area contributed by atoms with Gasteiger partial charge < -0.3 is 4.74 Å². The predicted octanol–water partition coefficient (Wildman–Crippen LogP) is 4.20. The van der Waals surface area contributed by atoms with Crippen LogP contribution >= 0.6 is 0 Å². The minimum Gasteiger partial charge on any atom is -0.465 e. The molecular formula is C17H33NO2. The summed E-state index contributed by atoms with van der Waals surface area (Å²) >= 11 is 0. The van der Waals surface area contributed by atoms with Gasteiger partial charge in [0.25, 0.3) is 0 Å². The molecule has 0 spiro atoms. The monoisotopic (exact) mass is 283 g/mol. The van der Waals surface area contributed by atoms with Crippen molar-refractivity contribution in [1.82, 2.24) is 5.32 Å². The Morgan fingerprint density at radius 3 is 2.30 bits per heavy atom. The molecule has 1 aliphatic carbocycles. The van der Waals surface area contributed by atoms with Gasteiger partial charge in [-0.2, -0.15) is 0 Å². The van der Waals surface area contributed by atoms with E-state index in [1.54, 1.807) is 0 Å². The molecular weight excluding hydrogens is 250 g/mol. The molecule has 1 rings (SSSR count). The fourth-order valence-corrected chi connectivity index (χ4v) is 3.22. The lowest BCUT2D eigenvalue weighted by Gasteiger charge is -2.35. The zero-order chi connectivity index (χ0) is 14.8. The predicted molar refractivity (Wildman–Crippen MR) is 83.8 cm³/mol. The average molecular weight is 283 g/mol. The molecule has 0 heterocycles. The molecule has 118 valence electrons. The highest BCUT2D eigenvalue weighted by atomic mass is 16.5. The Kier molecular flexibility index (Phi) is 8.20. The van der Waals surface area contributed by atoms with E-state index in [0.717, 1.165) is 25.7 Å². The molecule has 0 aliphatic heterocycles. The molecule has 0 aromatic rings. The van der Waals surface area contributed by atoms with E-state index in [0.29, 0.717) is 12.6 Å². The van der Waals surface area contributed by atoms with Crippen LogP contribution in [0.15, 0.2) is 0 Å². The third-order valence-electron chi connectivity index (χ3n) is 4.56. The second kappa shape index (κ2) is 9.38. The average Bonchev–Trinajstić information content (AvgIpc) is 2.72. The molecule has 3 heteroatoms. The van der Waals surface area contributed by atoms with Crippen molar-refractivity contribution >= 4 is 5.97 Å². The summed E-state index contributed by atoms with van der Waals surface area (Å²) in [6.45, 7) is 6.65. The van der Waals surface area contributed by atoms with Gasteiger partial charge in [0.15, 0.2) is 0 Å². The molecule has 20 heavy (non-hydrogen) atoms. The maximum absolute atomic E-state index is 12.5. The summed E-state index contributed by atoms with van der Waals surface area (Å²) in [7, 11) is 0. The molecule has 1 unspecified atom stereocenters. The second-order valence-corrected chi connectivity index (χ2v) is 6.09. The lowest BCUT2D eigenvalue weighted by atomic mass is 9.87. The lowest BCUT2D eigenvalue weighted by Crippen LogP contribution is -2.56. The van der Waals surface area contributed by atoms with E-state index in [1.165, 1.54) is 38.5 Å². The summed E-state index contributed by atoms with van der Waals surface area (Å²) in [6, 6.07) is 0.485.